The Morgan fingerprint density at radius 3 is 2.65 bits per heavy atom. The molecular formula is C14H12Cl2N2OS. The van der Waals surface area contributed by atoms with Crippen molar-refractivity contribution in [2.45, 2.75) is 13.8 Å². The highest BCUT2D eigenvalue weighted by molar-refractivity contribution is 7.20. The molecule has 1 amide bonds. The summed E-state index contributed by atoms with van der Waals surface area (Å²) < 4.78 is 1.14. The second-order valence-corrected chi connectivity index (χ2v) is 6.53. The fraction of sp³-hybridized carbons (Fsp3) is 0.143. The van der Waals surface area contributed by atoms with Crippen LogP contribution in [-0.2, 0) is 0 Å². The number of nitrogens with zero attached hydrogens (tertiary/aromatic N) is 1. The van der Waals surface area contributed by atoms with Crippen LogP contribution in [0.2, 0.25) is 8.67 Å². The zero-order chi connectivity index (χ0) is 14.7. The van der Waals surface area contributed by atoms with Gasteiger partial charge in [-0.1, -0.05) is 40.9 Å². The maximum atomic E-state index is 11.9. The Hall–Kier alpha value is -1.36. The highest BCUT2D eigenvalue weighted by Crippen LogP contribution is 2.31. The topological polar surface area (TPSA) is 41.5 Å². The summed E-state index contributed by atoms with van der Waals surface area (Å²) >= 11 is 13.2. The molecule has 0 saturated heterocycles. The molecular weight excluding hydrogens is 315 g/mol. The van der Waals surface area contributed by atoms with Gasteiger partial charge < -0.3 is 0 Å². The van der Waals surface area contributed by atoms with Crippen LogP contribution in [0.3, 0.4) is 0 Å². The molecule has 0 saturated carbocycles. The number of carbonyl (C=O) groups is 1. The van der Waals surface area contributed by atoms with Crippen LogP contribution in [-0.4, -0.2) is 11.6 Å². The van der Waals surface area contributed by atoms with Crippen molar-refractivity contribution < 1.29 is 4.79 Å². The molecule has 2 rings (SSSR count). The second-order valence-electron chi connectivity index (χ2n) is 4.25. The van der Waals surface area contributed by atoms with Crippen LogP contribution in [0.4, 0.5) is 0 Å². The Morgan fingerprint density at radius 2 is 2.05 bits per heavy atom. The first-order chi connectivity index (χ1) is 9.47. The Labute approximate surface area is 131 Å². The van der Waals surface area contributed by atoms with Crippen molar-refractivity contribution in [3.05, 3.63) is 55.7 Å². The lowest BCUT2D eigenvalue weighted by Crippen LogP contribution is -2.19. The molecule has 1 N–H and O–H groups in total. The third kappa shape index (κ3) is 3.60. The lowest BCUT2D eigenvalue weighted by molar-refractivity contribution is 0.0955. The normalized spacial score (nSPS) is 11.5. The number of amides is 1. The van der Waals surface area contributed by atoms with Gasteiger partial charge in [-0.25, -0.2) is 5.43 Å². The van der Waals surface area contributed by atoms with Crippen molar-refractivity contribution in [3.8, 4) is 0 Å². The van der Waals surface area contributed by atoms with E-state index in [-0.39, 0.29) is 5.91 Å². The Kier molecular flexibility index (Phi) is 4.81. The van der Waals surface area contributed by atoms with E-state index in [1.54, 1.807) is 25.1 Å². The van der Waals surface area contributed by atoms with E-state index in [0.29, 0.717) is 19.9 Å². The minimum absolute atomic E-state index is 0.259. The summed E-state index contributed by atoms with van der Waals surface area (Å²) in [4.78, 5) is 11.9. The fourth-order valence-electron chi connectivity index (χ4n) is 1.63. The smallest absolute Gasteiger partial charge is 0.267 e. The quantitative estimate of drug-likeness (QED) is 0.654. The van der Waals surface area contributed by atoms with Gasteiger partial charge in [-0.2, -0.15) is 5.10 Å². The number of rotatable bonds is 3. The summed E-state index contributed by atoms with van der Waals surface area (Å²) in [6.45, 7) is 3.69. The van der Waals surface area contributed by atoms with Gasteiger partial charge in [0.2, 0.25) is 0 Å². The van der Waals surface area contributed by atoms with E-state index in [1.165, 1.54) is 11.3 Å². The molecule has 6 heteroatoms. The molecule has 104 valence electrons. The molecule has 0 spiro atoms. The average Bonchev–Trinajstić information content (AvgIpc) is 2.74. The van der Waals surface area contributed by atoms with Crippen LogP contribution in [0.1, 0.15) is 28.4 Å². The van der Waals surface area contributed by atoms with Gasteiger partial charge in [-0.3, -0.25) is 4.79 Å². The summed E-state index contributed by atoms with van der Waals surface area (Å²) in [7, 11) is 0. The highest BCUT2D eigenvalue weighted by Gasteiger charge is 2.10. The van der Waals surface area contributed by atoms with Crippen LogP contribution in [0.5, 0.6) is 0 Å². The standard InChI is InChI=1S/C14H12Cl2N2OS/c1-8-4-3-5-10(6-8)14(19)18-17-9(2)11-7-12(15)20-13(11)16/h3-7H,1-2H3,(H,18,19)/b17-9+. The molecule has 0 radical (unpaired) electrons. The minimum atomic E-state index is -0.259. The number of hydrogen-bond donors (Lipinski definition) is 1. The van der Waals surface area contributed by atoms with Crippen molar-refractivity contribution >= 4 is 46.2 Å². The number of nitrogens with one attached hydrogen (secondary N) is 1. The molecule has 0 aliphatic rings. The predicted octanol–water partition coefficient (Wildman–Crippen LogP) is 4.52. The molecule has 1 aromatic carbocycles. The summed E-state index contributed by atoms with van der Waals surface area (Å²) in [6.07, 6.45) is 0. The Bertz CT molecular complexity index is 680. The number of hydrogen-bond acceptors (Lipinski definition) is 3. The van der Waals surface area contributed by atoms with Crippen LogP contribution < -0.4 is 5.43 Å². The molecule has 0 fully saturated rings. The number of hydrazone groups is 1. The first kappa shape index (κ1) is 15.0. The number of benzene rings is 1. The van der Waals surface area contributed by atoms with Gasteiger partial charge in [0.15, 0.2) is 0 Å². The van der Waals surface area contributed by atoms with E-state index in [4.69, 9.17) is 23.2 Å². The van der Waals surface area contributed by atoms with Crippen molar-refractivity contribution in [1.29, 1.82) is 0 Å². The number of carbonyl (C=O) groups excluding carboxylic acids is 1. The van der Waals surface area contributed by atoms with E-state index in [1.807, 2.05) is 19.1 Å². The van der Waals surface area contributed by atoms with Gasteiger partial charge in [0, 0.05) is 11.1 Å². The summed E-state index contributed by atoms with van der Waals surface area (Å²) in [5.74, 6) is -0.259. The average molecular weight is 327 g/mol. The van der Waals surface area contributed by atoms with Gasteiger partial charge in [-0.05, 0) is 32.0 Å². The first-order valence-electron chi connectivity index (χ1n) is 5.84. The van der Waals surface area contributed by atoms with Gasteiger partial charge in [-0.15, -0.1) is 11.3 Å². The lowest BCUT2D eigenvalue weighted by Gasteiger charge is -2.03. The zero-order valence-electron chi connectivity index (χ0n) is 10.9. The monoisotopic (exact) mass is 326 g/mol. The van der Waals surface area contributed by atoms with Crippen LogP contribution in [0.25, 0.3) is 0 Å². The first-order valence-corrected chi connectivity index (χ1v) is 7.41. The molecule has 20 heavy (non-hydrogen) atoms. The molecule has 0 atom stereocenters. The zero-order valence-corrected chi connectivity index (χ0v) is 13.2. The van der Waals surface area contributed by atoms with Crippen molar-refractivity contribution in [2.24, 2.45) is 5.10 Å². The predicted molar refractivity (Wildman–Crippen MR) is 85.2 cm³/mol. The number of thiophene rings is 1. The molecule has 2 aromatic rings. The van der Waals surface area contributed by atoms with Crippen molar-refractivity contribution in [2.75, 3.05) is 0 Å². The van der Waals surface area contributed by atoms with Gasteiger partial charge in [0.1, 0.15) is 4.34 Å². The highest BCUT2D eigenvalue weighted by atomic mass is 35.5. The van der Waals surface area contributed by atoms with E-state index >= 15 is 0 Å². The van der Waals surface area contributed by atoms with E-state index in [0.717, 1.165) is 11.1 Å². The third-order valence-electron chi connectivity index (χ3n) is 2.65. The lowest BCUT2D eigenvalue weighted by atomic mass is 10.1. The summed E-state index contributed by atoms with van der Waals surface area (Å²) in [5, 5.41) is 4.06. The van der Waals surface area contributed by atoms with E-state index in [2.05, 4.69) is 10.5 Å². The minimum Gasteiger partial charge on any atom is -0.267 e. The van der Waals surface area contributed by atoms with E-state index < -0.39 is 0 Å². The Morgan fingerprint density at radius 1 is 1.30 bits per heavy atom. The molecule has 0 aliphatic heterocycles. The van der Waals surface area contributed by atoms with Crippen LogP contribution in [0.15, 0.2) is 35.4 Å². The molecule has 1 heterocycles. The van der Waals surface area contributed by atoms with Gasteiger partial charge in [0.25, 0.3) is 5.91 Å². The van der Waals surface area contributed by atoms with Crippen molar-refractivity contribution in [3.63, 3.8) is 0 Å². The maximum absolute atomic E-state index is 11.9. The molecule has 3 nitrogen and oxygen atoms in total. The van der Waals surface area contributed by atoms with E-state index in [9.17, 15) is 4.79 Å². The van der Waals surface area contributed by atoms with Gasteiger partial charge >= 0.3 is 0 Å². The molecule has 1 aromatic heterocycles. The fourth-order valence-corrected chi connectivity index (χ4v) is 3.20. The Balaban J connectivity index is 2.13. The number of halogens is 2. The third-order valence-corrected chi connectivity index (χ3v) is 4.14. The largest absolute Gasteiger partial charge is 0.271 e. The maximum Gasteiger partial charge on any atom is 0.271 e. The molecule has 0 aliphatic carbocycles. The van der Waals surface area contributed by atoms with Crippen LogP contribution in [0, 0.1) is 6.92 Å². The van der Waals surface area contributed by atoms with Crippen LogP contribution >= 0.6 is 34.5 Å². The summed E-state index contributed by atoms with van der Waals surface area (Å²) in [5.41, 5.74) is 5.44. The molecule has 0 bridgehead atoms. The number of aryl methyl sites for hydroxylation is 1. The van der Waals surface area contributed by atoms with Gasteiger partial charge in [0.05, 0.1) is 10.0 Å². The van der Waals surface area contributed by atoms with Crippen molar-refractivity contribution in [1.82, 2.24) is 5.43 Å². The summed E-state index contributed by atoms with van der Waals surface area (Å²) in [6, 6.07) is 9.03. The SMILES string of the molecule is C/C(=N\NC(=O)c1cccc(C)c1)c1cc(Cl)sc1Cl. The second kappa shape index (κ2) is 6.39. The molecule has 0 unspecified atom stereocenters.